The third-order valence-electron chi connectivity index (χ3n) is 3.37. The molecule has 0 saturated carbocycles. The molecule has 0 bridgehead atoms. The van der Waals surface area contributed by atoms with E-state index in [-0.39, 0.29) is 5.91 Å². The van der Waals surface area contributed by atoms with Crippen molar-refractivity contribution in [2.45, 2.75) is 0 Å². The van der Waals surface area contributed by atoms with Crippen LogP contribution in [0.15, 0.2) is 61.1 Å². The van der Waals surface area contributed by atoms with Crippen molar-refractivity contribution in [3.63, 3.8) is 0 Å². The average Bonchev–Trinajstić information content (AvgIpc) is 3.18. The van der Waals surface area contributed by atoms with Gasteiger partial charge in [0.2, 0.25) is 0 Å². The van der Waals surface area contributed by atoms with Crippen LogP contribution in [-0.2, 0) is 4.79 Å². The molecule has 0 unspecified atom stereocenters. The molecule has 0 radical (unpaired) electrons. The van der Waals surface area contributed by atoms with Gasteiger partial charge in [0.1, 0.15) is 9.88 Å². The Bertz CT molecular complexity index is 954. The maximum atomic E-state index is 12.5. The van der Waals surface area contributed by atoms with Gasteiger partial charge in [-0.15, -0.1) is 11.3 Å². The molecule has 3 aromatic rings. The van der Waals surface area contributed by atoms with E-state index in [1.54, 1.807) is 36.7 Å². The zero-order chi connectivity index (χ0) is 18.4. The summed E-state index contributed by atoms with van der Waals surface area (Å²) in [6.07, 6.45) is 7.53. The molecule has 130 valence electrons. The smallest absolute Gasteiger partial charge is 0.267 e. The summed E-state index contributed by atoms with van der Waals surface area (Å²) in [6, 6.07) is 10.7. The van der Waals surface area contributed by atoms with E-state index in [1.807, 2.05) is 12.1 Å². The van der Waals surface area contributed by atoms with Gasteiger partial charge in [0, 0.05) is 29.7 Å². The summed E-state index contributed by atoms with van der Waals surface area (Å²) >= 11 is 1.26. The van der Waals surface area contributed by atoms with Crippen LogP contribution in [0, 0.1) is 0 Å². The van der Waals surface area contributed by atoms with Gasteiger partial charge < -0.3 is 5.32 Å². The summed E-state index contributed by atoms with van der Waals surface area (Å²) in [5.41, 5.74) is 3.52. The summed E-state index contributed by atoms with van der Waals surface area (Å²) in [4.78, 5) is 32.4. The molecule has 0 saturated heterocycles. The van der Waals surface area contributed by atoms with Crippen LogP contribution in [0.1, 0.15) is 15.2 Å². The van der Waals surface area contributed by atoms with Crippen molar-refractivity contribution in [3.8, 4) is 10.6 Å². The number of aromatic nitrogens is 2. The van der Waals surface area contributed by atoms with Gasteiger partial charge in [-0.2, -0.15) is 0 Å². The topological polar surface area (TPSA) is 104 Å². The summed E-state index contributed by atoms with van der Waals surface area (Å²) in [6.45, 7) is 0. The first-order chi connectivity index (χ1) is 12.7. The molecule has 7 nitrogen and oxygen atoms in total. The molecule has 0 fully saturated rings. The number of nitrogens with zero attached hydrogens (tertiary/aromatic N) is 2. The molecule has 2 aromatic heterocycles. The molecule has 0 atom stereocenters. The van der Waals surface area contributed by atoms with Crippen LogP contribution in [-0.4, -0.2) is 27.0 Å². The van der Waals surface area contributed by atoms with E-state index in [9.17, 15) is 9.59 Å². The number of rotatable bonds is 5. The molecule has 1 aromatic carbocycles. The monoisotopic (exact) mass is 366 g/mol. The van der Waals surface area contributed by atoms with Crippen molar-refractivity contribution in [1.82, 2.24) is 15.4 Å². The summed E-state index contributed by atoms with van der Waals surface area (Å²) < 4.78 is 0. The van der Waals surface area contributed by atoms with Crippen molar-refractivity contribution in [2.75, 3.05) is 5.32 Å². The Labute approximate surface area is 153 Å². The minimum atomic E-state index is -0.658. The Balaban J connectivity index is 1.78. The van der Waals surface area contributed by atoms with E-state index in [2.05, 4.69) is 15.3 Å². The Morgan fingerprint density at radius 2 is 1.96 bits per heavy atom. The predicted octanol–water partition coefficient (Wildman–Crippen LogP) is 2.98. The van der Waals surface area contributed by atoms with E-state index in [4.69, 9.17) is 5.21 Å². The van der Waals surface area contributed by atoms with Gasteiger partial charge in [-0.1, -0.05) is 18.2 Å². The lowest BCUT2D eigenvalue weighted by molar-refractivity contribution is -0.124. The van der Waals surface area contributed by atoms with Crippen LogP contribution >= 0.6 is 11.3 Å². The Morgan fingerprint density at radius 3 is 2.73 bits per heavy atom. The second-order valence-corrected chi connectivity index (χ2v) is 6.15. The highest BCUT2D eigenvalue weighted by atomic mass is 32.1. The molecule has 3 rings (SSSR count). The Kier molecular flexibility index (Phi) is 5.47. The molecular formula is C18H14N4O3S. The SMILES string of the molecule is O=C(/C=C/c1ccccc1NC(=O)c1cnc(-c2cccnc2)s1)NO. The number of carbonyl (C=O) groups is 2. The summed E-state index contributed by atoms with van der Waals surface area (Å²) in [7, 11) is 0. The standard InChI is InChI=1S/C18H14N4O3S/c23-16(22-25)8-7-12-4-1-2-6-14(12)21-17(24)15-11-20-18(26-15)13-5-3-9-19-10-13/h1-11,25H,(H,21,24)(H,22,23)/b8-7+. The van der Waals surface area contributed by atoms with Crippen molar-refractivity contribution >= 4 is 34.9 Å². The van der Waals surface area contributed by atoms with Crippen molar-refractivity contribution in [2.24, 2.45) is 0 Å². The van der Waals surface area contributed by atoms with Crippen LogP contribution in [0.25, 0.3) is 16.6 Å². The minimum Gasteiger partial charge on any atom is -0.321 e. The number of thiazole rings is 1. The number of benzene rings is 1. The number of amides is 2. The lowest BCUT2D eigenvalue weighted by Crippen LogP contribution is -2.15. The third-order valence-corrected chi connectivity index (χ3v) is 4.42. The van der Waals surface area contributed by atoms with Crippen LogP contribution < -0.4 is 10.8 Å². The molecule has 3 N–H and O–H groups in total. The van der Waals surface area contributed by atoms with E-state index < -0.39 is 5.91 Å². The van der Waals surface area contributed by atoms with Gasteiger partial charge in [0.25, 0.3) is 11.8 Å². The number of pyridine rings is 1. The van der Waals surface area contributed by atoms with E-state index in [0.29, 0.717) is 21.1 Å². The molecule has 2 heterocycles. The summed E-state index contributed by atoms with van der Waals surface area (Å²) in [5.74, 6) is -0.959. The van der Waals surface area contributed by atoms with Crippen molar-refractivity contribution < 1.29 is 14.8 Å². The molecule has 0 aliphatic heterocycles. The molecular weight excluding hydrogens is 352 g/mol. The highest BCUT2D eigenvalue weighted by Crippen LogP contribution is 2.25. The first-order valence-corrected chi connectivity index (χ1v) is 8.38. The largest absolute Gasteiger partial charge is 0.321 e. The fourth-order valence-corrected chi connectivity index (χ4v) is 2.95. The van der Waals surface area contributed by atoms with E-state index in [0.717, 1.165) is 11.6 Å². The minimum absolute atomic E-state index is 0.301. The number of hydrogen-bond donors (Lipinski definition) is 3. The normalized spacial score (nSPS) is 10.7. The van der Waals surface area contributed by atoms with Crippen molar-refractivity contribution in [1.29, 1.82) is 0 Å². The van der Waals surface area contributed by atoms with Crippen molar-refractivity contribution in [3.05, 3.63) is 71.5 Å². The number of hydrogen-bond acceptors (Lipinski definition) is 6. The van der Waals surface area contributed by atoms with Crippen LogP contribution in [0.4, 0.5) is 5.69 Å². The molecule has 2 amide bonds. The predicted molar refractivity (Wildman–Crippen MR) is 98.7 cm³/mol. The Morgan fingerprint density at radius 1 is 1.12 bits per heavy atom. The number of anilines is 1. The third kappa shape index (κ3) is 4.18. The molecule has 0 aliphatic rings. The van der Waals surface area contributed by atoms with E-state index in [1.165, 1.54) is 29.1 Å². The van der Waals surface area contributed by atoms with E-state index >= 15 is 0 Å². The number of para-hydroxylation sites is 1. The van der Waals surface area contributed by atoms with Gasteiger partial charge >= 0.3 is 0 Å². The average molecular weight is 366 g/mol. The first-order valence-electron chi connectivity index (χ1n) is 7.56. The van der Waals surface area contributed by atoms with Crippen LogP contribution in [0.5, 0.6) is 0 Å². The lowest BCUT2D eigenvalue weighted by Gasteiger charge is -2.07. The first kappa shape index (κ1) is 17.5. The van der Waals surface area contributed by atoms with Gasteiger partial charge in [-0.25, -0.2) is 10.5 Å². The van der Waals surface area contributed by atoms with Gasteiger partial charge in [-0.05, 0) is 29.8 Å². The number of nitrogens with one attached hydrogen (secondary N) is 2. The molecule has 0 spiro atoms. The lowest BCUT2D eigenvalue weighted by atomic mass is 10.1. The fourth-order valence-electron chi connectivity index (χ4n) is 2.14. The van der Waals surface area contributed by atoms with Crippen LogP contribution in [0.3, 0.4) is 0 Å². The second kappa shape index (κ2) is 8.15. The van der Waals surface area contributed by atoms with Gasteiger partial charge in [0.15, 0.2) is 0 Å². The number of hydroxylamine groups is 1. The number of carbonyl (C=O) groups excluding carboxylic acids is 2. The fraction of sp³-hybridized carbons (Fsp3) is 0. The molecule has 8 heteroatoms. The van der Waals surface area contributed by atoms with Gasteiger partial charge in [-0.3, -0.25) is 19.8 Å². The quantitative estimate of drug-likeness (QED) is 0.366. The molecule has 26 heavy (non-hydrogen) atoms. The zero-order valence-electron chi connectivity index (χ0n) is 13.4. The Hall–Kier alpha value is -3.36. The van der Waals surface area contributed by atoms with Gasteiger partial charge in [0.05, 0.1) is 6.20 Å². The second-order valence-electron chi connectivity index (χ2n) is 5.12. The maximum Gasteiger partial charge on any atom is 0.267 e. The highest BCUT2D eigenvalue weighted by molar-refractivity contribution is 7.17. The highest BCUT2D eigenvalue weighted by Gasteiger charge is 2.13. The summed E-state index contributed by atoms with van der Waals surface area (Å²) in [5, 5.41) is 12.1. The zero-order valence-corrected chi connectivity index (χ0v) is 14.2. The maximum absolute atomic E-state index is 12.5. The van der Waals surface area contributed by atoms with Crippen LogP contribution in [0.2, 0.25) is 0 Å². The molecule has 0 aliphatic carbocycles.